The summed E-state index contributed by atoms with van der Waals surface area (Å²) in [5, 5.41) is 7.09. The maximum Gasteiger partial charge on any atom is 0.272 e. The summed E-state index contributed by atoms with van der Waals surface area (Å²) in [4.78, 5) is 27.0. The van der Waals surface area contributed by atoms with E-state index in [0.29, 0.717) is 31.6 Å². The fourth-order valence-electron chi connectivity index (χ4n) is 3.79. The highest BCUT2D eigenvalue weighted by atomic mass is 16.2. The molecule has 3 aromatic rings. The van der Waals surface area contributed by atoms with Gasteiger partial charge in [0, 0.05) is 38.4 Å². The fraction of sp³-hybridized carbons (Fsp3) is 0.292. The van der Waals surface area contributed by atoms with Gasteiger partial charge in [0.15, 0.2) is 0 Å². The molecule has 0 unspecified atom stereocenters. The van der Waals surface area contributed by atoms with E-state index in [1.165, 1.54) is 11.1 Å². The van der Waals surface area contributed by atoms with Crippen LogP contribution < -0.4 is 5.32 Å². The van der Waals surface area contributed by atoms with E-state index in [1.807, 2.05) is 17.0 Å². The van der Waals surface area contributed by atoms with E-state index in [9.17, 15) is 9.59 Å². The van der Waals surface area contributed by atoms with Crippen LogP contribution in [-0.2, 0) is 31.2 Å². The van der Waals surface area contributed by atoms with E-state index in [4.69, 9.17) is 0 Å². The molecule has 6 nitrogen and oxygen atoms in total. The first-order valence-electron chi connectivity index (χ1n) is 10.2. The lowest BCUT2D eigenvalue weighted by Gasteiger charge is -2.29. The molecular formula is C24H26N4O2. The van der Waals surface area contributed by atoms with Crippen molar-refractivity contribution >= 4 is 17.5 Å². The van der Waals surface area contributed by atoms with Crippen molar-refractivity contribution in [2.24, 2.45) is 7.05 Å². The molecule has 0 saturated carbocycles. The third kappa shape index (κ3) is 4.43. The van der Waals surface area contributed by atoms with Gasteiger partial charge in [-0.25, -0.2) is 0 Å². The highest BCUT2D eigenvalue weighted by molar-refractivity contribution is 5.93. The van der Waals surface area contributed by atoms with Crippen molar-refractivity contribution in [3.63, 3.8) is 0 Å². The molecule has 0 aliphatic carbocycles. The molecule has 154 valence electrons. The van der Waals surface area contributed by atoms with E-state index in [-0.39, 0.29) is 11.8 Å². The Morgan fingerprint density at radius 1 is 1.07 bits per heavy atom. The molecule has 1 aliphatic rings. The third-order valence-electron chi connectivity index (χ3n) is 5.59. The minimum Gasteiger partial charge on any atom is -0.333 e. The van der Waals surface area contributed by atoms with Crippen molar-refractivity contribution in [3.8, 4) is 0 Å². The van der Waals surface area contributed by atoms with Gasteiger partial charge in [0.1, 0.15) is 5.69 Å². The standard InChI is InChI=1S/C24H26N4O2/c1-17-3-5-18(6-4-17)7-10-23(29)26-21-9-8-19-12-14-28(16-20(19)15-21)24(30)22-11-13-25-27(22)2/h3-6,8-9,11,13,15H,7,10,12,14,16H2,1-2H3,(H,26,29). The Kier molecular flexibility index (Phi) is 5.65. The lowest BCUT2D eigenvalue weighted by Crippen LogP contribution is -2.37. The molecule has 6 heteroatoms. The van der Waals surface area contributed by atoms with Gasteiger partial charge in [-0.1, -0.05) is 35.9 Å². The summed E-state index contributed by atoms with van der Waals surface area (Å²) in [5.41, 5.74) is 6.03. The van der Waals surface area contributed by atoms with Crippen molar-refractivity contribution < 1.29 is 9.59 Å². The predicted octanol–water partition coefficient (Wildman–Crippen LogP) is 3.50. The van der Waals surface area contributed by atoms with Crippen molar-refractivity contribution in [2.75, 3.05) is 11.9 Å². The molecule has 0 spiro atoms. The van der Waals surface area contributed by atoms with Crippen LogP contribution in [0.4, 0.5) is 5.69 Å². The number of carbonyl (C=O) groups is 2. The van der Waals surface area contributed by atoms with Gasteiger partial charge in [-0.15, -0.1) is 0 Å². The molecule has 2 amide bonds. The summed E-state index contributed by atoms with van der Waals surface area (Å²) in [6, 6.07) is 16.0. The Hall–Kier alpha value is -3.41. The highest BCUT2D eigenvalue weighted by Crippen LogP contribution is 2.24. The molecule has 2 heterocycles. The second-order valence-electron chi connectivity index (χ2n) is 7.83. The molecule has 1 N–H and O–H groups in total. The van der Waals surface area contributed by atoms with E-state index in [0.717, 1.165) is 23.2 Å². The number of aromatic nitrogens is 2. The monoisotopic (exact) mass is 402 g/mol. The van der Waals surface area contributed by atoms with Crippen molar-refractivity contribution in [1.82, 2.24) is 14.7 Å². The number of hydrogen-bond donors (Lipinski definition) is 1. The van der Waals surface area contributed by atoms with Crippen LogP contribution >= 0.6 is 0 Å². The van der Waals surface area contributed by atoms with Gasteiger partial charge in [0.25, 0.3) is 5.91 Å². The molecule has 1 aliphatic heterocycles. The summed E-state index contributed by atoms with van der Waals surface area (Å²) in [6.45, 7) is 3.27. The Balaban J connectivity index is 1.38. The van der Waals surface area contributed by atoms with Crippen LogP contribution in [0.15, 0.2) is 54.7 Å². The number of hydrogen-bond acceptors (Lipinski definition) is 3. The summed E-state index contributed by atoms with van der Waals surface area (Å²) in [6.07, 6.45) is 3.59. The largest absolute Gasteiger partial charge is 0.333 e. The Morgan fingerprint density at radius 2 is 1.87 bits per heavy atom. The molecule has 0 bridgehead atoms. The van der Waals surface area contributed by atoms with Gasteiger partial charge in [-0.3, -0.25) is 14.3 Å². The number of nitrogens with one attached hydrogen (secondary N) is 1. The molecule has 4 rings (SSSR count). The molecule has 30 heavy (non-hydrogen) atoms. The lowest BCUT2D eigenvalue weighted by atomic mass is 9.98. The number of rotatable bonds is 5. The first-order valence-corrected chi connectivity index (χ1v) is 10.2. The number of fused-ring (bicyclic) bond motifs is 1. The number of carbonyl (C=O) groups excluding carboxylic acids is 2. The zero-order valence-electron chi connectivity index (χ0n) is 17.4. The minimum absolute atomic E-state index is 0.00542. The Morgan fingerprint density at radius 3 is 2.60 bits per heavy atom. The number of aryl methyl sites for hydroxylation is 3. The predicted molar refractivity (Wildman–Crippen MR) is 116 cm³/mol. The first kappa shape index (κ1) is 19.9. The first-order chi connectivity index (χ1) is 14.5. The average molecular weight is 402 g/mol. The summed E-state index contributed by atoms with van der Waals surface area (Å²) in [5.74, 6) is -0.0256. The maximum absolute atomic E-state index is 12.8. The van der Waals surface area contributed by atoms with Crippen molar-refractivity contribution in [2.45, 2.75) is 32.7 Å². The fourth-order valence-corrected chi connectivity index (χ4v) is 3.79. The van der Waals surface area contributed by atoms with Gasteiger partial charge in [0.05, 0.1) is 0 Å². The zero-order valence-corrected chi connectivity index (χ0v) is 17.4. The van der Waals surface area contributed by atoms with Crippen LogP contribution in [0, 0.1) is 6.92 Å². The molecular weight excluding hydrogens is 376 g/mol. The van der Waals surface area contributed by atoms with Gasteiger partial charge < -0.3 is 10.2 Å². The molecule has 0 radical (unpaired) electrons. The lowest BCUT2D eigenvalue weighted by molar-refractivity contribution is -0.116. The smallest absolute Gasteiger partial charge is 0.272 e. The number of amides is 2. The third-order valence-corrected chi connectivity index (χ3v) is 5.59. The molecule has 1 aromatic heterocycles. The Bertz CT molecular complexity index is 1070. The number of anilines is 1. The summed E-state index contributed by atoms with van der Waals surface area (Å²) < 4.78 is 1.60. The maximum atomic E-state index is 12.8. The number of benzene rings is 2. The van der Waals surface area contributed by atoms with Gasteiger partial charge in [-0.05, 0) is 54.7 Å². The normalized spacial score (nSPS) is 13.1. The summed E-state index contributed by atoms with van der Waals surface area (Å²) in [7, 11) is 1.77. The minimum atomic E-state index is -0.0202. The quantitative estimate of drug-likeness (QED) is 0.710. The summed E-state index contributed by atoms with van der Waals surface area (Å²) >= 11 is 0. The highest BCUT2D eigenvalue weighted by Gasteiger charge is 2.23. The van der Waals surface area contributed by atoms with Crippen molar-refractivity contribution in [3.05, 3.63) is 82.7 Å². The van der Waals surface area contributed by atoms with Crippen LogP contribution in [0.1, 0.15) is 39.2 Å². The zero-order chi connectivity index (χ0) is 21.1. The van der Waals surface area contributed by atoms with E-state index in [2.05, 4.69) is 47.7 Å². The second kappa shape index (κ2) is 8.53. The molecule has 0 fully saturated rings. The van der Waals surface area contributed by atoms with Crippen LogP contribution in [0.3, 0.4) is 0 Å². The van der Waals surface area contributed by atoms with Crippen LogP contribution in [-0.4, -0.2) is 33.0 Å². The van der Waals surface area contributed by atoms with Crippen LogP contribution in [0.5, 0.6) is 0 Å². The van der Waals surface area contributed by atoms with Crippen molar-refractivity contribution in [1.29, 1.82) is 0 Å². The average Bonchev–Trinajstić information content (AvgIpc) is 3.18. The van der Waals surface area contributed by atoms with Crippen LogP contribution in [0.2, 0.25) is 0 Å². The molecule has 0 atom stereocenters. The van der Waals surface area contributed by atoms with Gasteiger partial charge in [-0.2, -0.15) is 5.10 Å². The van der Waals surface area contributed by atoms with Gasteiger partial charge in [0.2, 0.25) is 5.91 Å². The van der Waals surface area contributed by atoms with E-state index >= 15 is 0 Å². The van der Waals surface area contributed by atoms with Gasteiger partial charge >= 0.3 is 0 Å². The molecule has 0 saturated heterocycles. The molecule has 2 aromatic carbocycles. The topological polar surface area (TPSA) is 67.2 Å². The van der Waals surface area contributed by atoms with E-state index in [1.54, 1.807) is 24.0 Å². The number of nitrogens with zero attached hydrogens (tertiary/aromatic N) is 3. The second-order valence-corrected chi connectivity index (χ2v) is 7.83. The van der Waals surface area contributed by atoms with Crippen LogP contribution in [0.25, 0.3) is 0 Å². The Labute approximate surface area is 176 Å². The SMILES string of the molecule is Cc1ccc(CCC(=O)Nc2ccc3c(c2)CN(C(=O)c2ccnn2C)CC3)cc1. The van der Waals surface area contributed by atoms with E-state index < -0.39 is 0 Å².